The second-order valence-electron chi connectivity index (χ2n) is 9.20. The van der Waals surface area contributed by atoms with Crippen LogP contribution in [0.2, 0.25) is 0 Å². The molecule has 188 valence electrons. The number of unbranched alkanes of at least 4 members (excludes halogenated alkanes) is 9. The van der Waals surface area contributed by atoms with Crippen molar-refractivity contribution in [2.45, 2.75) is 76.0 Å². The van der Waals surface area contributed by atoms with E-state index < -0.39 is 21.6 Å². The van der Waals surface area contributed by atoms with E-state index in [-0.39, 0.29) is 10.5 Å². The molecule has 0 saturated heterocycles. The largest absolute Gasteiger partial charge is 0.462 e. The van der Waals surface area contributed by atoms with Crippen LogP contribution in [0.25, 0.3) is 10.8 Å². The summed E-state index contributed by atoms with van der Waals surface area (Å²) in [6.45, 7) is 6.23. The lowest BCUT2D eigenvalue weighted by molar-refractivity contribution is -0.139. The van der Waals surface area contributed by atoms with Crippen molar-refractivity contribution in [3.05, 3.63) is 48.6 Å². The van der Waals surface area contributed by atoms with Gasteiger partial charge in [-0.15, -0.1) is 0 Å². The van der Waals surface area contributed by atoms with E-state index in [1.54, 1.807) is 18.2 Å². The number of rotatable bonds is 16. The van der Waals surface area contributed by atoms with Crippen LogP contribution in [0.1, 0.15) is 71.1 Å². The SMILES string of the molecule is C=C(CS(=O)(=O)c1cccc2c(N(C)C)cccc12)C(=O)OCCCCCCCCCCCC. The second-order valence-corrected chi connectivity index (χ2v) is 11.2. The molecule has 0 radical (unpaired) electrons. The fraction of sp³-hybridized carbons (Fsp3) is 0.536. The number of ether oxygens (including phenoxy) is 1. The Labute approximate surface area is 206 Å². The van der Waals surface area contributed by atoms with E-state index in [1.807, 2.05) is 37.2 Å². The van der Waals surface area contributed by atoms with Gasteiger partial charge in [-0.1, -0.05) is 95.6 Å². The van der Waals surface area contributed by atoms with Crippen molar-refractivity contribution < 1.29 is 17.9 Å². The molecule has 0 aliphatic heterocycles. The minimum Gasteiger partial charge on any atom is -0.462 e. The number of esters is 1. The Hall–Kier alpha value is -2.34. The lowest BCUT2D eigenvalue weighted by Gasteiger charge is -2.17. The molecule has 0 spiro atoms. The molecule has 5 nitrogen and oxygen atoms in total. The molecule has 2 rings (SSSR count). The van der Waals surface area contributed by atoms with Gasteiger partial charge in [0.1, 0.15) is 0 Å². The molecule has 0 amide bonds. The van der Waals surface area contributed by atoms with Crippen molar-refractivity contribution in [3.63, 3.8) is 0 Å². The molecule has 0 N–H and O–H groups in total. The zero-order valence-electron chi connectivity index (χ0n) is 21.1. The number of hydrogen-bond donors (Lipinski definition) is 0. The van der Waals surface area contributed by atoms with Crippen LogP contribution in [-0.4, -0.2) is 40.8 Å². The fourth-order valence-electron chi connectivity index (χ4n) is 4.15. The van der Waals surface area contributed by atoms with Crippen molar-refractivity contribution in [2.75, 3.05) is 31.4 Å². The minimum absolute atomic E-state index is 0.0344. The van der Waals surface area contributed by atoms with Crippen LogP contribution in [0.3, 0.4) is 0 Å². The van der Waals surface area contributed by atoms with Gasteiger partial charge in [-0.25, -0.2) is 13.2 Å². The first-order chi connectivity index (χ1) is 16.3. The van der Waals surface area contributed by atoms with Crippen molar-refractivity contribution >= 4 is 32.3 Å². The molecular formula is C28H41NO4S. The van der Waals surface area contributed by atoms with Gasteiger partial charge in [0.25, 0.3) is 0 Å². The second kappa shape index (κ2) is 14.1. The lowest BCUT2D eigenvalue weighted by Crippen LogP contribution is -2.17. The van der Waals surface area contributed by atoms with Crippen LogP contribution in [0.5, 0.6) is 0 Å². The zero-order valence-corrected chi connectivity index (χ0v) is 22.0. The molecule has 0 bridgehead atoms. The number of sulfone groups is 1. The highest BCUT2D eigenvalue weighted by Gasteiger charge is 2.23. The molecule has 6 heteroatoms. The van der Waals surface area contributed by atoms with Gasteiger partial charge < -0.3 is 9.64 Å². The summed E-state index contributed by atoms with van der Waals surface area (Å²) >= 11 is 0. The topological polar surface area (TPSA) is 63.7 Å². The first-order valence-corrected chi connectivity index (χ1v) is 14.2. The highest BCUT2D eigenvalue weighted by Crippen LogP contribution is 2.31. The number of fused-ring (bicyclic) bond motifs is 1. The number of nitrogens with zero attached hydrogens (tertiary/aromatic N) is 1. The summed E-state index contributed by atoms with van der Waals surface area (Å²) in [4.78, 5) is 14.5. The molecule has 2 aromatic carbocycles. The Morgan fingerprint density at radius 2 is 1.41 bits per heavy atom. The molecule has 0 fully saturated rings. The lowest BCUT2D eigenvalue weighted by atomic mass is 10.1. The Kier molecular flexibility index (Phi) is 11.6. The summed E-state index contributed by atoms with van der Waals surface area (Å²) in [6.07, 6.45) is 12.0. The Balaban J connectivity index is 1.81. The minimum atomic E-state index is -3.75. The van der Waals surface area contributed by atoms with E-state index in [0.29, 0.717) is 12.0 Å². The molecule has 2 aromatic rings. The average molecular weight is 488 g/mol. The van der Waals surface area contributed by atoms with Crippen LogP contribution in [0, 0.1) is 0 Å². The molecule has 0 atom stereocenters. The normalized spacial score (nSPS) is 11.5. The average Bonchev–Trinajstić information content (AvgIpc) is 2.81. The van der Waals surface area contributed by atoms with E-state index >= 15 is 0 Å². The third kappa shape index (κ3) is 8.46. The monoisotopic (exact) mass is 487 g/mol. The summed E-state index contributed by atoms with van der Waals surface area (Å²) in [7, 11) is 0.0915. The number of carbonyl (C=O) groups is 1. The van der Waals surface area contributed by atoms with E-state index in [2.05, 4.69) is 13.5 Å². The van der Waals surface area contributed by atoms with Crippen LogP contribution < -0.4 is 4.90 Å². The van der Waals surface area contributed by atoms with E-state index in [1.165, 1.54) is 44.9 Å². The quantitative estimate of drug-likeness (QED) is 0.150. The number of benzene rings is 2. The van der Waals surface area contributed by atoms with E-state index in [9.17, 15) is 13.2 Å². The van der Waals surface area contributed by atoms with Gasteiger partial charge in [0.2, 0.25) is 0 Å². The van der Waals surface area contributed by atoms with Crippen molar-refractivity contribution in [2.24, 2.45) is 0 Å². The zero-order chi connectivity index (χ0) is 25.0. The number of carbonyl (C=O) groups excluding carboxylic acids is 1. The van der Waals surface area contributed by atoms with Crippen molar-refractivity contribution in [1.82, 2.24) is 0 Å². The molecule has 0 aliphatic carbocycles. The first-order valence-electron chi connectivity index (χ1n) is 12.5. The summed E-state index contributed by atoms with van der Waals surface area (Å²) < 4.78 is 31.5. The molecular weight excluding hydrogens is 446 g/mol. The highest BCUT2D eigenvalue weighted by molar-refractivity contribution is 7.91. The van der Waals surface area contributed by atoms with Crippen molar-refractivity contribution in [1.29, 1.82) is 0 Å². The summed E-state index contributed by atoms with van der Waals surface area (Å²) in [5, 5.41) is 1.49. The van der Waals surface area contributed by atoms with Crippen LogP contribution in [0.15, 0.2) is 53.4 Å². The first kappa shape index (κ1) is 27.9. The Morgan fingerprint density at radius 1 is 0.853 bits per heavy atom. The maximum atomic E-state index is 13.1. The van der Waals surface area contributed by atoms with Gasteiger partial charge in [-0.05, 0) is 18.6 Å². The smallest absolute Gasteiger partial charge is 0.334 e. The molecule has 0 saturated carbocycles. The predicted molar refractivity (Wildman–Crippen MR) is 142 cm³/mol. The molecule has 0 heterocycles. The van der Waals surface area contributed by atoms with Gasteiger partial charge in [0.15, 0.2) is 9.84 Å². The summed E-state index contributed by atoms with van der Waals surface area (Å²) in [5.41, 5.74) is 0.900. The van der Waals surface area contributed by atoms with Crippen LogP contribution in [0.4, 0.5) is 5.69 Å². The summed E-state index contributed by atoms with van der Waals surface area (Å²) in [6, 6.07) is 10.8. The van der Waals surface area contributed by atoms with Crippen LogP contribution >= 0.6 is 0 Å². The van der Waals surface area contributed by atoms with Crippen LogP contribution in [-0.2, 0) is 19.4 Å². The molecule has 34 heavy (non-hydrogen) atoms. The van der Waals surface area contributed by atoms with E-state index in [4.69, 9.17) is 4.74 Å². The van der Waals surface area contributed by atoms with Gasteiger partial charge in [0, 0.05) is 36.1 Å². The Bertz CT molecular complexity index is 1040. The predicted octanol–water partition coefficient (Wildman–Crippen LogP) is 6.70. The van der Waals surface area contributed by atoms with Gasteiger partial charge in [0.05, 0.1) is 17.3 Å². The molecule has 0 aliphatic rings. The van der Waals surface area contributed by atoms with Gasteiger partial charge in [-0.2, -0.15) is 0 Å². The maximum absolute atomic E-state index is 13.1. The van der Waals surface area contributed by atoms with E-state index in [0.717, 1.165) is 30.3 Å². The molecule has 0 aromatic heterocycles. The highest BCUT2D eigenvalue weighted by atomic mass is 32.2. The standard InChI is InChI=1S/C28H41NO4S/c1-5-6-7-8-9-10-11-12-13-14-21-33-28(30)23(2)22-34(31,32)27-20-16-17-24-25(27)18-15-19-26(24)29(3)4/h15-20H,2,5-14,21-22H2,1,3-4H3. The third-order valence-corrected chi connectivity index (χ3v) is 7.81. The fourth-order valence-corrected chi connectivity index (χ4v) is 5.68. The Morgan fingerprint density at radius 3 is 2.03 bits per heavy atom. The van der Waals surface area contributed by atoms with Gasteiger partial charge >= 0.3 is 5.97 Å². The third-order valence-electron chi connectivity index (χ3n) is 6.06. The van der Waals surface area contributed by atoms with Crippen molar-refractivity contribution in [3.8, 4) is 0 Å². The summed E-state index contributed by atoms with van der Waals surface area (Å²) in [5.74, 6) is -1.08. The van der Waals surface area contributed by atoms with Gasteiger partial charge in [-0.3, -0.25) is 0 Å². The number of anilines is 1. The maximum Gasteiger partial charge on any atom is 0.334 e. The molecule has 0 unspecified atom stereocenters. The number of hydrogen-bond acceptors (Lipinski definition) is 5.